The number of rotatable bonds is 5. The average Bonchev–Trinajstić information content (AvgIpc) is 2.53. The average molecular weight is 301 g/mol. The highest BCUT2D eigenvalue weighted by Crippen LogP contribution is 2.31. The van der Waals surface area contributed by atoms with Crippen LogP contribution in [0.5, 0.6) is 5.75 Å². The normalized spacial score (nSPS) is 10.7. The molecule has 2 aromatic rings. The molecule has 0 bridgehead atoms. The highest BCUT2D eigenvalue weighted by atomic mass is 16.8. The van der Waals surface area contributed by atoms with Crippen LogP contribution >= 0.6 is 0 Å². The lowest BCUT2D eigenvalue weighted by molar-refractivity contribution is -0.737. The molecule has 0 aliphatic heterocycles. The number of anilines is 1. The van der Waals surface area contributed by atoms with E-state index in [-0.39, 0.29) is 0 Å². The Morgan fingerprint density at radius 1 is 1.09 bits per heavy atom. The van der Waals surface area contributed by atoms with Crippen molar-refractivity contribution in [2.24, 2.45) is 10.2 Å². The molecular formula is C15H17N4O3+. The number of aryl methyl sites for hydroxylation is 1. The van der Waals surface area contributed by atoms with E-state index >= 15 is 0 Å². The van der Waals surface area contributed by atoms with Gasteiger partial charge in [0.15, 0.2) is 7.11 Å². The van der Waals surface area contributed by atoms with E-state index < -0.39 is 0 Å². The Bertz CT molecular complexity index is 729. The molecule has 0 aromatic heterocycles. The third-order valence-electron chi connectivity index (χ3n) is 3.02. The second-order valence-corrected chi connectivity index (χ2v) is 4.54. The van der Waals surface area contributed by atoms with Gasteiger partial charge in [0.25, 0.3) is 4.92 Å². The molecule has 0 radical (unpaired) electrons. The molecule has 2 N–H and O–H groups in total. The van der Waals surface area contributed by atoms with Crippen molar-refractivity contribution < 1.29 is 14.5 Å². The highest BCUT2D eigenvalue weighted by Gasteiger charge is 2.17. The zero-order chi connectivity index (χ0) is 16.1. The Kier molecular flexibility index (Phi) is 4.67. The van der Waals surface area contributed by atoms with E-state index in [1.807, 2.05) is 0 Å². The van der Waals surface area contributed by atoms with Crippen molar-refractivity contribution in [3.8, 4) is 5.75 Å². The van der Waals surface area contributed by atoms with Crippen molar-refractivity contribution in [2.45, 2.75) is 6.92 Å². The Morgan fingerprint density at radius 3 is 2.50 bits per heavy atom. The van der Waals surface area contributed by atoms with Gasteiger partial charge in [0, 0.05) is 23.4 Å². The van der Waals surface area contributed by atoms with Crippen molar-refractivity contribution in [3.63, 3.8) is 0 Å². The number of azo groups is 1. The van der Waals surface area contributed by atoms with Gasteiger partial charge in [-0.3, -0.25) is 0 Å². The van der Waals surface area contributed by atoms with E-state index in [1.165, 1.54) is 7.11 Å². The fourth-order valence-corrected chi connectivity index (χ4v) is 1.89. The minimum absolute atomic E-state index is 0.423. The molecule has 0 amide bonds. The first-order valence-electron chi connectivity index (χ1n) is 6.52. The first kappa shape index (κ1) is 15.4. The van der Waals surface area contributed by atoms with Crippen LogP contribution in [0.1, 0.15) is 5.56 Å². The van der Waals surface area contributed by atoms with Crippen LogP contribution in [0.4, 0.5) is 22.7 Å². The van der Waals surface area contributed by atoms with Crippen LogP contribution in [-0.4, -0.2) is 19.1 Å². The predicted molar refractivity (Wildman–Crippen MR) is 83.1 cm³/mol. The van der Waals surface area contributed by atoms with Crippen LogP contribution in [0, 0.1) is 11.8 Å². The SMILES string of the molecule is COc1cc(N)ccc1N=Nc1ccc([N+](=O)OC)c(C)c1. The van der Waals surface area contributed by atoms with Gasteiger partial charge in [-0.15, -0.1) is 5.11 Å². The molecule has 7 nitrogen and oxygen atoms in total. The summed E-state index contributed by atoms with van der Waals surface area (Å²) in [5.74, 6) is 0.544. The summed E-state index contributed by atoms with van der Waals surface area (Å²) in [5, 5.41) is 8.29. The van der Waals surface area contributed by atoms with E-state index in [2.05, 4.69) is 15.1 Å². The van der Waals surface area contributed by atoms with Crippen molar-refractivity contribution in [1.29, 1.82) is 0 Å². The number of hydrogen-bond donors (Lipinski definition) is 1. The summed E-state index contributed by atoms with van der Waals surface area (Å²) in [6.45, 7) is 1.79. The minimum Gasteiger partial charge on any atom is -0.494 e. The summed E-state index contributed by atoms with van der Waals surface area (Å²) in [4.78, 5) is 16.5. The molecule has 0 unspecified atom stereocenters. The number of nitrogens with two attached hydrogens (primary N) is 1. The summed E-state index contributed by atoms with van der Waals surface area (Å²) in [6.07, 6.45) is 0. The van der Waals surface area contributed by atoms with Gasteiger partial charge in [-0.2, -0.15) is 5.11 Å². The first-order chi connectivity index (χ1) is 10.5. The van der Waals surface area contributed by atoms with E-state index in [0.29, 0.717) is 33.4 Å². The summed E-state index contributed by atoms with van der Waals surface area (Å²) < 4.78 is 5.21. The monoisotopic (exact) mass is 301 g/mol. The smallest absolute Gasteiger partial charge is 0.319 e. The largest absolute Gasteiger partial charge is 0.494 e. The van der Waals surface area contributed by atoms with Gasteiger partial charge in [0.2, 0.25) is 0 Å². The van der Waals surface area contributed by atoms with Gasteiger partial charge >= 0.3 is 5.69 Å². The molecule has 114 valence electrons. The highest BCUT2D eigenvalue weighted by molar-refractivity contribution is 5.59. The number of methoxy groups -OCH3 is 1. The number of nitrogens with zero attached hydrogens (tertiary/aromatic N) is 3. The maximum absolute atomic E-state index is 11.5. The third kappa shape index (κ3) is 3.38. The quantitative estimate of drug-likeness (QED) is 0.514. The van der Waals surface area contributed by atoms with Crippen LogP contribution in [0.2, 0.25) is 0 Å². The maximum atomic E-state index is 11.5. The third-order valence-corrected chi connectivity index (χ3v) is 3.02. The first-order valence-corrected chi connectivity index (χ1v) is 6.52. The van der Waals surface area contributed by atoms with Crippen molar-refractivity contribution in [1.82, 2.24) is 0 Å². The lowest BCUT2D eigenvalue weighted by Gasteiger charge is -2.04. The van der Waals surface area contributed by atoms with Crippen LogP contribution in [0.25, 0.3) is 0 Å². The molecule has 2 aromatic carbocycles. The molecule has 0 aliphatic rings. The predicted octanol–water partition coefficient (Wildman–Crippen LogP) is 3.97. The van der Waals surface area contributed by atoms with Crippen LogP contribution in [-0.2, 0) is 4.84 Å². The van der Waals surface area contributed by atoms with Gasteiger partial charge < -0.3 is 10.5 Å². The molecule has 0 saturated carbocycles. The molecule has 7 heteroatoms. The zero-order valence-electron chi connectivity index (χ0n) is 12.6. The van der Waals surface area contributed by atoms with E-state index in [0.717, 1.165) is 5.56 Å². The number of hydrogen-bond acceptors (Lipinski definition) is 6. The summed E-state index contributed by atoms with van der Waals surface area (Å²) in [7, 11) is 2.85. The molecule has 0 atom stereocenters. The molecule has 0 saturated heterocycles. The van der Waals surface area contributed by atoms with E-state index in [1.54, 1.807) is 50.4 Å². The maximum Gasteiger partial charge on any atom is 0.319 e. The topological polar surface area (TPSA) is 89.3 Å². The lowest BCUT2D eigenvalue weighted by Crippen LogP contribution is -1.99. The van der Waals surface area contributed by atoms with E-state index in [4.69, 9.17) is 10.5 Å². The van der Waals surface area contributed by atoms with Gasteiger partial charge in [0.05, 0.1) is 17.7 Å². The van der Waals surface area contributed by atoms with Crippen molar-refractivity contribution in [3.05, 3.63) is 46.9 Å². The molecular weight excluding hydrogens is 284 g/mol. The van der Waals surface area contributed by atoms with E-state index in [9.17, 15) is 4.91 Å². The molecule has 0 fully saturated rings. The summed E-state index contributed by atoms with van der Waals surface area (Å²) in [5.41, 5.74) is 8.62. The summed E-state index contributed by atoms with van der Waals surface area (Å²) in [6, 6.07) is 10.2. The molecule has 22 heavy (non-hydrogen) atoms. The van der Waals surface area contributed by atoms with Crippen LogP contribution < -0.4 is 10.5 Å². The van der Waals surface area contributed by atoms with Gasteiger partial charge in [0.1, 0.15) is 11.4 Å². The van der Waals surface area contributed by atoms with Crippen LogP contribution in [0.15, 0.2) is 46.6 Å². The van der Waals surface area contributed by atoms with Gasteiger partial charge in [-0.25, -0.2) is 4.84 Å². The fraction of sp³-hybridized carbons (Fsp3) is 0.200. The Hall–Kier alpha value is -2.96. The zero-order valence-corrected chi connectivity index (χ0v) is 12.6. The molecule has 0 heterocycles. The Morgan fingerprint density at radius 2 is 1.86 bits per heavy atom. The fourth-order valence-electron chi connectivity index (χ4n) is 1.89. The Balaban J connectivity index is 2.27. The van der Waals surface area contributed by atoms with Crippen LogP contribution in [0.3, 0.4) is 0 Å². The van der Waals surface area contributed by atoms with Crippen molar-refractivity contribution >= 4 is 22.7 Å². The number of ether oxygens (including phenoxy) is 1. The second-order valence-electron chi connectivity index (χ2n) is 4.54. The van der Waals surface area contributed by atoms with Gasteiger partial charge in [-0.05, 0) is 31.2 Å². The standard InChI is InChI=1S/C15H17N4O3/c1-10-8-12(5-7-14(10)19(20)22-3)17-18-13-6-4-11(16)9-15(13)21-2/h4-9H,16H2,1-3H3/q+1. The van der Waals surface area contributed by atoms with Gasteiger partial charge in [-0.1, -0.05) is 0 Å². The second kappa shape index (κ2) is 6.66. The minimum atomic E-state index is 0.423. The molecule has 0 spiro atoms. The van der Waals surface area contributed by atoms with Crippen molar-refractivity contribution in [2.75, 3.05) is 20.0 Å². The molecule has 2 rings (SSSR count). The number of nitrogen functional groups attached to an aromatic ring is 1. The number of benzene rings is 2. The lowest BCUT2D eigenvalue weighted by atomic mass is 10.2. The summed E-state index contributed by atoms with van der Waals surface area (Å²) >= 11 is 0. The Labute approximate surface area is 127 Å². The molecule has 0 aliphatic carbocycles.